The van der Waals surface area contributed by atoms with Gasteiger partial charge in [-0.1, -0.05) is 6.07 Å². The van der Waals surface area contributed by atoms with Gasteiger partial charge in [-0.2, -0.15) is 0 Å². The Morgan fingerprint density at radius 2 is 2.16 bits per heavy atom. The molecule has 1 aromatic rings. The zero-order chi connectivity index (χ0) is 13.6. The zero-order valence-corrected chi connectivity index (χ0v) is 11.2. The van der Waals surface area contributed by atoms with E-state index in [1.807, 2.05) is 28.5 Å². The molecule has 3 heterocycles. The van der Waals surface area contributed by atoms with Crippen LogP contribution in [0.4, 0.5) is 0 Å². The monoisotopic (exact) mass is 262 g/mol. The molecule has 19 heavy (non-hydrogen) atoms. The van der Waals surface area contributed by atoms with Crippen molar-refractivity contribution in [3.63, 3.8) is 0 Å². The summed E-state index contributed by atoms with van der Waals surface area (Å²) < 4.78 is 1.88. The van der Waals surface area contributed by atoms with Gasteiger partial charge in [0.15, 0.2) is 6.04 Å². The number of hydrogen-bond acceptors (Lipinski definition) is 2. The first-order chi connectivity index (χ1) is 9.06. The lowest BCUT2D eigenvalue weighted by Gasteiger charge is -2.42. The smallest absolute Gasteiger partial charge is 0.280 e. The van der Waals surface area contributed by atoms with Gasteiger partial charge in [0.25, 0.3) is 11.5 Å². The Balaban J connectivity index is 1.92. The van der Waals surface area contributed by atoms with Crippen LogP contribution in [-0.2, 0) is 11.3 Å². The van der Waals surface area contributed by atoms with Crippen LogP contribution in [0.15, 0.2) is 23.0 Å². The highest BCUT2D eigenvalue weighted by molar-refractivity contribution is 5.80. The molecule has 0 radical (unpaired) electrons. The Kier molecular flexibility index (Phi) is 2.93. The summed E-state index contributed by atoms with van der Waals surface area (Å²) in [7, 11) is 0. The Morgan fingerprint density at radius 3 is 2.89 bits per heavy atom. The van der Waals surface area contributed by atoms with E-state index in [1.54, 1.807) is 6.07 Å². The first-order valence-corrected chi connectivity index (χ1v) is 6.88. The summed E-state index contributed by atoms with van der Waals surface area (Å²) in [6.45, 7) is 4.06. The molecule has 2 bridgehead atoms. The number of nitrogens with zero attached hydrogens (tertiary/aromatic N) is 2. The van der Waals surface area contributed by atoms with Crippen LogP contribution in [0, 0.1) is 5.92 Å². The third-order valence-corrected chi connectivity index (χ3v) is 4.21. The fraction of sp³-hybridized carbons (Fsp3) is 0.571. The highest BCUT2D eigenvalue weighted by Crippen LogP contribution is 2.34. The Hall–Kier alpha value is -1.62. The van der Waals surface area contributed by atoms with Gasteiger partial charge in [0, 0.05) is 37.3 Å². The lowest BCUT2D eigenvalue weighted by atomic mass is 9.83. The minimum absolute atomic E-state index is 0.0810. The first kappa shape index (κ1) is 12.4. The Labute approximate surface area is 112 Å². The molecule has 0 saturated carbocycles. The third kappa shape index (κ3) is 2.08. The quantitative estimate of drug-likeness (QED) is 0.736. The second kappa shape index (κ2) is 4.49. The lowest BCUT2D eigenvalue weighted by molar-refractivity contribution is -0.400. The average molecular weight is 262 g/mol. The van der Waals surface area contributed by atoms with E-state index in [1.165, 1.54) is 0 Å². The molecular weight excluding hydrogens is 242 g/mol. The Morgan fingerprint density at radius 1 is 1.37 bits per heavy atom. The van der Waals surface area contributed by atoms with E-state index in [-0.39, 0.29) is 17.5 Å². The number of quaternary nitrogens is 1. The maximum absolute atomic E-state index is 12.1. The van der Waals surface area contributed by atoms with Gasteiger partial charge in [0.1, 0.15) is 0 Å². The lowest BCUT2D eigenvalue weighted by Crippen LogP contribution is -2.67. The van der Waals surface area contributed by atoms with Crippen molar-refractivity contribution in [3.05, 3.63) is 34.2 Å². The second-order valence-electron chi connectivity index (χ2n) is 5.84. The van der Waals surface area contributed by atoms with E-state index < -0.39 is 0 Å². The second-order valence-corrected chi connectivity index (χ2v) is 5.84. The van der Waals surface area contributed by atoms with Crippen molar-refractivity contribution in [3.8, 4) is 0 Å². The fourth-order valence-corrected chi connectivity index (χ4v) is 3.39. The number of carbonyl (C=O) groups excluding carboxylic acids is 1. The number of rotatable bonds is 1. The standard InChI is InChI=1S/C14H19N3O2/c1-9(15)14(19)16-6-10-5-11(8-16)12-3-2-4-13(18)17(12)7-10/h2-4,9-11H,5-8,15H2,1H3/p+1/t9-,10-,11+/m0/s1. The van der Waals surface area contributed by atoms with Crippen molar-refractivity contribution in [2.45, 2.75) is 31.8 Å². The van der Waals surface area contributed by atoms with Gasteiger partial charge < -0.3 is 15.2 Å². The molecule has 0 spiro atoms. The highest BCUT2D eigenvalue weighted by Gasteiger charge is 2.37. The number of likely N-dealkylation sites (tertiary alicyclic amines) is 1. The molecule has 5 heteroatoms. The topological polar surface area (TPSA) is 70.0 Å². The molecule has 1 fully saturated rings. The summed E-state index contributed by atoms with van der Waals surface area (Å²) in [6, 6.07) is 5.26. The van der Waals surface area contributed by atoms with Crippen molar-refractivity contribution >= 4 is 5.91 Å². The van der Waals surface area contributed by atoms with Crippen LogP contribution in [0.1, 0.15) is 25.0 Å². The van der Waals surface area contributed by atoms with Crippen LogP contribution < -0.4 is 11.3 Å². The van der Waals surface area contributed by atoms with Crippen LogP contribution in [-0.4, -0.2) is 34.5 Å². The minimum atomic E-state index is -0.197. The summed E-state index contributed by atoms with van der Waals surface area (Å²) >= 11 is 0. The van der Waals surface area contributed by atoms with Gasteiger partial charge in [0.05, 0.1) is 0 Å². The highest BCUT2D eigenvalue weighted by atomic mass is 16.2. The van der Waals surface area contributed by atoms with E-state index in [0.29, 0.717) is 11.8 Å². The normalized spacial score (nSPS) is 26.7. The van der Waals surface area contributed by atoms with Crippen molar-refractivity contribution in [1.82, 2.24) is 9.47 Å². The summed E-state index contributed by atoms with van der Waals surface area (Å²) in [5.74, 6) is 0.819. The summed E-state index contributed by atoms with van der Waals surface area (Å²) in [6.07, 6.45) is 1.08. The number of carbonyl (C=O) groups is 1. The molecule has 2 aliphatic heterocycles. The average Bonchev–Trinajstić information content (AvgIpc) is 2.39. The number of piperidine rings is 1. The molecular formula is C14H20N3O2+. The maximum Gasteiger partial charge on any atom is 0.280 e. The van der Waals surface area contributed by atoms with Crippen molar-refractivity contribution in [1.29, 1.82) is 0 Å². The molecule has 1 saturated heterocycles. The zero-order valence-electron chi connectivity index (χ0n) is 11.2. The number of aromatic nitrogens is 1. The molecule has 5 nitrogen and oxygen atoms in total. The largest absolute Gasteiger partial charge is 0.348 e. The third-order valence-electron chi connectivity index (χ3n) is 4.21. The van der Waals surface area contributed by atoms with E-state index in [2.05, 4.69) is 5.73 Å². The molecule has 0 unspecified atom stereocenters. The minimum Gasteiger partial charge on any atom is -0.348 e. The van der Waals surface area contributed by atoms with Gasteiger partial charge in [0.2, 0.25) is 0 Å². The molecule has 2 aliphatic rings. The number of pyridine rings is 1. The number of amides is 1. The van der Waals surface area contributed by atoms with E-state index in [9.17, 15) is 9.59 Å². The molecule has 102 valence electrons. The van der Waals surface area contributed by atoms with Crippen LogP contribution in [0.2, 0.25) is 0 Å². The predicted molar refractivity (Wildman–Crippen MR) is 70.5 cm³/mol. The SMILES string of the molecule is C[C@H]([NH3+])C(=O)N1C[C@@H]2C[C@H](C1)c1cccc(=O)n1C2. The summed E-state index contributed by atoms with van der Waals surface area (Å²) in [5.41, 5.74) is 4.98. The summed E-state index contributed by atoms with van der Waals surface area (Å²) in [4.78, 5) is 25.9. The maximum atomic E-state index is 12.1. The van der Waals surface area contributed by atoms with E-state index >= 15 is 0 Å². The van der Waals surface area contributed by atoms with E-state index in [4.69, 9.17) is 0 Å². The van der Waals surface area contributed by atoms with Gasteiger partial charge in [-0.15, -0.1) is 0 Å². The van der Waals surface area contributed by atoms with E-state index in [0.717, 1.165) is 31.7 Å². The predicted octanol–water partition coefficient (Wildman–Crippen LogP) is -0.576. The van der Waals surface area contributed by atoms with Crippen molar-refractivity contribution in [2.75, 3.05) is 13.1 Å². The van der Waals surface area contributed by atoms with Crippen LogP contribution >= 0.6 is 0 Å². The van der Waals surface area contributed by atoms with Crippen LogP contribution in [0.25, 0.3) is 0 Å². The Bertz CT molecular complexity index is 564. The van der Waals surface area contributed by atoms with Crippen molar-refractivity contribution < 1.29 is 10.5 Å². The van der Waals surface area contributed by atoms with Gasteiger partial charge >= 0.3 is 0 Å². The summed E-state index contributed by atoms with van der Waals surface area (Å²) in [5, 5.41) is 0. The molecule has 3 N–H and O–H groups in total. The van der Waals surface area contributed by atoms with Crippen molar-refractivity contribution in [2.24, 2.45) is 5.92 Å². The number of hydrogen-bond donors (Lipinski definition) is 1. The van der Waals surface area contributed by atoms with Gasteiger partial charge in [-0.05, 0) is 25.3 Å². The molecule has 0 aliphatic carbocycles. The molecule has 3 atom stereocenters. The molecule has 3 rings (SSSR count). The first-order valence-electron chi connectivity index (χ1n) is 6.88. The number of fused-ring (bicyclic) bond motifs is 4. The van der Waals surface area contributed by atoms with Gasteiger partial charge in [-0.25, -0.2) is 0 Å². The van der Waals surface area contributed by atoms with Crippen LogP contribution in [0.5, 0.6) is 0 Å². The van der Waals surface area contributed by atoms with Crippen LogP contribution in [0.3, 0.4) is 0 Å². The van der Waals surface area contributed by atoms with Gasteiger partial charge in [-0.3, -0.25) is 9.59 Å². The fourth-order valence-electron chi connectivity index (χ4n) is 3.39. The molecule has 1 aromatic heterocycles. The molecule has 1 amide bonds. The molecule has 0 aromatic carbocycles.